The van der Waals surface area contributed by atoms with Gasteiger partial charge in [0, 0.05) is 23.6 Å². The molecule has 1 saturated carbocycles. The van der Waals surface area contributed by atoms with E-state index in [0.29, 0.717) is 28.0 Å². The van der Waals surface area contributed by atoms with Crippen molar-refractivity contribution in [2.75, 3.05) is 0 Å². The van der Waals surface area contributed by atoms with Gasteiger partial charge in [-0.15, -0.1) is 0 Å². The number of aromatic carboxylic acids is 1. The maximum absolute atomic E-state index is 13.5. The largest absolute Gasteiger partial charge is 0.488 e. The average Bonchev–Trinajstić information content (AvgIpc) is 2.96. The molecule has 39 heavy (non-hydrogen) atoms. The number of nitrogens with zero attached hydrogens (tertiary/aromatic N) is 4. The lowest BCUT2D eigenvalue weighted by Crippen LogP contribution is -2.25. The van der Waals surface area contributed by atoms with Crippen molar-refractivity contribution in [1.82, 2.24) is 9.66 Å². The minimum absolute atomic E-state index is 0.0859. The zero-order valence-electron chi connectivity index (χ0n) is 21.0. The van der Waals surface area contributed by atoms with E-state index in [1.807, 2.05) is 12.1 Å². The summed E-state index contributed by atoms with van der Waals surface area (Å²) in [4.78, 5) is 40.4. The van der Waals surface area contributed by atoms with Gasteiger partial charge >= 0.3 is 5.97 Å². The Kier molecular flexibility index (Phi) is 7.44. The molecular formula is C29H26N4O6. The van der Waals surface area contributed by atoms with Crippen LogP contribution in [0.4, 0.5) is 5.69 Å². The molecule has 0 bridgehead atoms. The topological polar surface area (TPSA) is 137 Å². The molecule has 1 heterocycles. The van der Waals surface area contributed by atoms with Gasteiger partial charge in [-0.1, -0.05) is 43.5 Å². The van der Waals surface area contributed by atoms with Gasteiger partial charge in [-0.2, -0.15) is 9.78 Å². The molecule has 4 aromatic rings. The van der Waals surface area contributed by atoms with Crippen LogP contribution in [0.25, 0.3) is 10.9 Å². The number of aromatic nitrogens is 2. The molecule has 0 unspecified atom stereocenters. The van der Waals surface area contributed by atoms with Crippen LogP contribution in [0.15, 0.2) is 76.6 Å². The fraction of sp³-hybridized carbons (Fsp3) is 0.241. The summed E-state index contributed by atoms with van der Waals surface area (Å²) in [5.41, 5.74) is 1.36. The van der Waals surface area contributed by atoms with Crippen LogP contribution >= 0.6 is 0 Å². The standard InChI is InChI=1S/C29H26N4O6/c34-28-24-8-4-5-9-25(24)31-27(20-6-2-1-3-7-20)32(28)30-17-22-16-23(33(37)38)14-15-26(22)39-18-19-10-12-21(13-11-19)29(35)36/h4-5,8-17,20H,1-3,6-7,18H2,(H,35,36). The van der Waals surface area contributed by atoms with Gasteiger partial charge in [0.1, 0.15) is 18.2 Å². The minimum atomic E-state index is -1.03. The monoisotopic (exact) mass is 526 g/mol. The Hall–Kier alpha value is -4.86. The molecule has 1 fully saturated rings. The van der Waals surface area contributed by atoms with E-state index in [0.717, 1.165) is 37.7 Å². The summed E-state index contributed by atoms with van der Waals surface area (Å²) in [6.07, 6.45) is 6.45. The van der Waals surface area contributed by atoms with Gasteiger partial charge in [0.15, 0.2) is 0 Å². The van der Waals surface area contributed by atoms with Crippen LogP contribution < -0.4 is 10.3 Å². The molecular weight excluding hydrogens is 500 g/mol. The maximum atomic E-state index is 13.5. The average molecular weight is 527 g/mol. The van der Waals surface area contributed by atoms with Gasteiger partial charge in [0.25, 0.3) is 11.2 Å². The molecule has 0 aliphatic heterocycles. The van der Waals surface area contributed by atoms with Gasteiger partial charge in [-0.05, 0) is 48.7 Å². The van der Waals surface area contributed by atoms with E-state index in [4.69, 9.17) is 14.8 Å². The predicted molar refractivity (Wildman–Crippen MR) is 146 cm³/mol. The number of rotatable bonds is 8. The number of benzene rings is 3. The van der Waals surface area contributed by atoms with Crippen molar-refractivity contribution in [1.29, 1.82) is 0 Å². The number of carboxylic acids is 1. The van der Waals surface area contributed by atoms with Crippen LogP contribution in [-0.2, 0) is 6.61 Å². The lowest BCUT2D eigenvalue weighted by Gasteiger charge is -2.22. The number of nitro groups is 1. The van der Waals surface area contributed by atoms with E-state index in [9.17, 15) is 19.7 Å². The molecule has 0 spiro atoms. The number of non-ortho nitro benzene ring substituents is 1. The molecule has 10 nitrogen and oxygen atoms in total. The molecule has 1 N–H and O–H groups in total. The number of hydrogen-bond acceptors (Lipinski definition) is 7. The zero-order valence-corrected chi connectivity index (χ0v) is 21.0. The number of carbonyl (C=O) groups is 1. The highest BCUT2D eigenvalue weighted by atomic mass is 16.6. The van der Waals surface area contributed by atoms with Crippen LogP contribution in [0, 0.1) is 10.1 Å². The lowest BCUT2D eigenvalue weighted by atomic mass is 9.88. The van der Waals surface area contributed by atoms with Crippen LogP contribution in [0.2, 0.25) is 0 Å². The van der Waals surface area contributed by atoms with Gasteiger partial charge in [0.05, 0.1) is 27.6 Å². The van der Waals surface area contributed by atoms with Gasteiger partial charge in [-0.3, -0.25) is 14.9 Å². The summed E-state index contributed by atoms with van der Waals surface area (Å²) in [5.74, 6) is -0.0288. The zero-order chi connectivity index (χ0) is 27.4. The minimum Gasteiger partial charge on any atom is -0.488 e. The summed E-state index contributed by atoms with van der Waals surface area (Å²) in [6.45, 7) is 0.101. The first kappa shape index (κ1) is 25.8. The first-order valence-electron chi connectivity index (χ1n) is 12.7. The summed E-state index contributed by atoms with van der Waals surface area (Å²) in [6, 6.07) is 17.5. The summed E-state index contributed by atoms with van der Waals surface area (Å²) >= 11 is 0. The normalized spacial score (nSPS) is 14.1. The van der Waals surface area contributed by atoms with Gasteiger partial charge in [-0.25, -0.2) is 9.78 Å². The van der Waals surface area contributed by atoms with E-state index < -0.39 is 10.9 Å². The number of hydrogen-bond donors (Lipinski definition) is 1. The lowest BCUT2D eigenvalue weighted by molar-refractivity contribution is -0.384. The summed E-state index contributed by atoms with van der Waals surface area (Å²) in [7, 11) is 0. The van der Waals surface area contributed by atoms with E-state index in [1.54, 1.807) is 24.3 Å². The van der Waals surface area contributed by atoms with Crippen molar-refractivity contribution in [3.63, 3.8) is 0 Å². The third-order valence-electron chi connectivity index (χ3n) is 6.86. The van der Waals surface area contributed by atoms with E-state index in [1.165, 1.54) is 41.2 Å². The molecule has 0 atom stereocenters. The van der Waals surface area contributed by atoms with Crippen molar-refractivity contribution < 1.29 is 19.6 Å². The number of nitro benzene ring substituents is 1. The third kappa shape index (κ3) is 5.69. The van der Waals surface area contributed by atoms with Crippen LogP contribution in [-0.4, -0.2) is 31.9 Å². The van der Waals surface area contributed by atoms with E-state index >= 15 is 0 Å². The van der Waals surface area contributed by atoms with E-state index in [-0.39, 0.29) is 29.3 Å². The highest BCUT2D eigenvalue weighted by Gasteiger charge is 2.22. The van der Waals surface area contributed by atoms with Crippen molar-refractivity contribution in [2.24, 2.45) is 5.10 Å². The number of carboxylic acid groups (broad SMARTS) is 1. The second-order valence-corrected chi connectivity index (χ2v) is 9.45. The molecule has 0 amide bonds. The Morgan fingerprint density at radius 1 is 1.10 bits per heavy atom. The van der Waals surface area contributed by atoms with Crippen LogP contribution in [0.5, 0.6) is 5.75 Å². The van der Waals surface area contributed by atoms with Crippen molar-refractivity contribution >= 4 is 28.8 Å². The second-order valence-electron chi connectivity index (χ2n) is 9.45. The van der Waals surface area contributed by atoms with Crippen molar-refractivity contribution in [3.8, 4) is 5.75 Å². The Labute approximate surface area is 223 Å². The first-order valence-corrected chi connectivity index (χ1v) is 12.7. The predicted octanol–water partition coefficient (Wildman–Crippen LogP) is 5.51. The molecule has 1 aromatic heterocycles. The molecule has 0 radical (unpaired) electrons. The molecule has 3 aromatic carbocycles. The molecule has 198 valence electrons. The Balaban J connectivity index is 1.52. The molecule has 0 saturated heterocycles. The summed E-state index contributed by atoms with van der Waals surface area (Å²) < 4.78 is 7.24. The maximum Gasteiger partial charge on any atom is 0.335 e. The summed E-state index contributed by atoms with van der Waals surface area (Å²) in [5, 5.41) is 25.5. The van der Waals surface area contributed by atoms with Crippen LogP contribution in [0.1, 0.15) is 65.3 Å². The Morgan fingerprint density at radius 3 is 2.56 bits per heavy atom. The smallest absolute Gasteiger partial charge is 0.335 e. The van der Waals surface area contributed by atoms with Gasteiger partial charge < -0.3 is 9.84 Å². The first-order chi connectivity index (χ1) is 18.9. The fourth-order valence-electron chi connectivity index (χ4n) is 4.78. The number of ether oxygens (including phenoxy) is 1. The van der Waals surface area contributed by atoms with Gasteiger partial charge in [0.2, 0.25) is 0 Å². The van der Waals surface area contributed by atoms with Crippen molar-refractivity contribution in [3.05, 3.63) is 110 Å². The van der Waals surface area contributed by atoms with E-state index in [2.05, 4.69) is 5.10 Å². The number of para-hydroxylation sites is 1. The molecule has 5 rings (SSSR count). The van der Waals surface area contributed by atoms with Crippen molar-refractivity contribution in [2.45, 2.75) is 44.6 Å². The number of fused-ring (bicyclic) bond motifs is 1. The Morgan fingerprint density at radius 2 is 1.85 bits per heavy atom. The third-order valence-corrected chi connectivity index (χ3v) is 6.86. The highest BCUT2D eigenvalue weighted by Crippen LogP contribution is 2.32. The Bertz CT molecular complexity index is 1620. The quantitative estimate of drug-likeness (QED) is 0.181. The second kappa shape index (κ2) is 11.3. The molecule has 10 heteroatoms. The SMILES string of the molecule is O=C(O)c1ccc(COc2ccc([N+](=O)[O-])cc2C=Nn2c(C3CCCCC3)nc3ccccc3c2=O)cc1. The highest BCUT2D eigenvalue weighted by molar-refractivity contribution is 5.87. The fourth-order valence-corrected chi connectivity index (χ4v) is 4.78. The molecule has 1 aliphatic rings. The molecule has 1 aliphatic carbocycles. The van der Waals surface area contributed by atoms with Crippen LogP contribution in [0.3, 0.4) is 0 Å².